The first-order valence-corrected chi connectivity index (χ1v) is 10.4. The van der Waals surface area contributed by atoms with Gasteiger partial charge in [0.1, 0.15) is 5.82 Å². The van der Waals surface area contributed by atoms with Gasteiger partial charge in [-0.25, -0.2) is 10.1 Å². The monoisotopic (exact) mass is 462 g/mol. The Morgan fingerprint density at radius 1 is 1.10 bits per heavy atom. The zero-order valence-corrected chi connectivity index (χ0v) is 17.5. The molecule has 4 rings (SSSR count). The minimum atomic E-state index is -0.154. The first-order chi connectivity index (χ1) is 14.7. The van der Waals surface area contributed by atoms with Gasteiger partial charge in [-0.15, -0.1) is 5.10 Å². The molecule has 2 heterocycles. The number of benzene rings is 2. The number of aliphatic hydroxyl groups excluding tert-OH is 1. The molecule has 0 aliphatic carbocycles. The average Bonchev–Trinajstić information content (AvgIpc) is 3.41. The number of aliphatic hydroxyl groups is 1. The summed E-state index contributed by atoms with van der Waals surface area (Å²) in [5, 5.41) is 24.7. The van der Waals surface area contributed by atoms with Gasteiger partial charge >= 0.3 is 51.4 Å². The molecule has 0 bridgehead atoms. The van der Waals surface area contributed by atoms with Crippen LogP contribution in [0.5, 0.6) is 0 Å². The van der Waals surface area contributed by atoms with Gasteiger partial charge in [0, 0.05) is 18.5 Å². The van der Waals surface area contributed by atoms with Crippen LogP contribution in [0, 0.1) is 0 Å². The van der Waals surface area contributed by atoms with Crippen LogP contribution in [0.2, 0.25) is 5.15 Å². The summed E-state index contributed by atoms with van der Waals surface area (Å²) in [5.41, 5.74) is 4.71. The van der Waals surface area contributed by atoms with Crippen molar-refractivity contribution in [1.82, 2.24) is 30.2 Å². The minimum absolute atomic E-state index is 0. The Balaban J connectivity index is 0.00000272. The molecule has 2 N–H and O–H groups in total. The Morgan fingerprint density at radius 2 is 1.90 bits per heavy atom. The Bertz CT molecular complexity index is 1110. The van der Waals surface area contributed by atoms with Crippen molar-refractivity contribution in [3.05, 3.63) is 70.8 Å². The maximum absolute atomic E-state index is 9.84. The summed E-state index contributed by atoms with van der Waals surface area (Å²) < 4.78 is 2.01. The molecule has 0 atom stereocenters. The van der Waals surface area contributed by atoms with E-state index in [0.717, 1.165) is 47.3 Å². The molecular formula is C22H24ClKN6O. The number of aromatic amines is 1. The molecule has 4 aromatic rings. The van der Waals surface area contributed by atoms with Crippen molar-refractivity contribution in [3.63, 3.8) is 0 Å². The van der Waals surface area contributed by atoms with Crippen molar-refractivity contribution in [2.75, 3.05) is 0 Å². The third-order valence-electron chi connectivity index (χ3n) is 5.12. The maximum atomic E-state index is 9.84. The van der Waals surface area contributed by atoms with Gasteiger partial charge in [-0.1, -0.05) is 67.4 Å². The quantitative estimate of drug-likeness (QED) is 0.390. The molecule has 0 aliphatic rings. The number of rotatable bonds is 8. The predicted molar refractivity (Wildman–Crippen MR) is 123 cm³/mol. The van der Waals surface area contributed by atoms with Crippen molar-refractivity contribution in [3.8, 4) is 22.5 Å². The number of nitrogens with zero attached hydrogens (tertiary/aromatic N) is 5. The Kier molecular flexibility index (Phi) is 8.97. The molecule has 0 unspecified atom stereocenters. The molecule has 0 saturated carbocycles. The standard InChI is InChI=1S/C22H23ClN6O.K.H/c1-2-3-9-20-24-21(23)19(14-30)29(20)13-15-10-11-17(16-7-5-4-6-8-16)18(12-15)22-25-27-28-26-22;;/h4-8,10-12,30H,2-3,9,13-14H2,1H3,(H,25,26,27,28);;. The van der Waals surface area contributed by atoms with E-state index in [1.807, 2.05) is 22.8 Å². The molecule has 7 nitrogen and oxygen atoms in total. The molecule has 31 heavy (non-hydrogen) atoms. The predicted octanol–water partition coefficient (Wildman–Crippen LogP) is 3.62. The third kappa shape index (κ3) is 5.51. The second-order valence-corrected chi connectivity index (χ2v) is 7.47. The number of nitrogens with one attached hydrogen (secondary N) is 1. The van der Waals surface area contributed by atoms with E-state index >= 15 is 0 Å². The number of unbranched alkanes of at least 4 members (excludes halogenated alkanes) is 1. The van der Waals surface area contributed by atoms with E-state index in [0.29, 0.717) is 23.2 Å². The first-order valence-electron chi connectivity index (χ1n) is 9.98. The summed E-state index contributed by atoms with van der Waals surface area (Å²) in [6.07, 6.45) is 2.89. The molecule has 0 amide bonds. The van der Waals surface area contributed by atoms with E-state index in [1.54, 1.807) is 0 Å². The van der Waals surface area contributed by atoms with Crippen LogP contribution in [0.4, 0.5) is 0 Å². The summed E-state index contributed by atoms with van der Waals surface area (Å²) in [6.45, 7) is 2.54. The van der Waals surface area contributed by atoms with E-state index < -0.39 is 0 Å². The van der Waals surface area contributed by atoms with Crippen molar-refractivity contribution < 1.29 is 5.11 Å². The van der Waals surface area contributed by atoms with Crippen LogP contribution in [0.15, 0.2) is 48.5 Å². The normalized spacial score (nSPS) is 10.8. The van der Waals surface area contributed by atoms with Crippen molar-refractivity contribution in [1.29, 1.82) is 0 Å². The van der Waals surface area contributed by atoms with E-state index in [4.69, 9.17) is 11.6 Å². The van der Waals surface area contributed by atoms with Gasteiger partial charge in [0.15, 0.2) is 11.0 Å². The fourth-order valence-corrected chi connectivity index (χ4v) is 3.84. The van der Waals surface area contributed by atoms with Gasteiger partial charge in [0.25, 0.3) is 0 Å². The fraction of sp³-hybridized carbons (Fsp3) is 0.273. The van der Waals surface area contributed by atoms with Crippen LogP contribution in [-0.2, 0) is 19.6 Å². The molecule has 0 spiro atoms. The number of halogens is 1. The van der Waals surface area contributed by atoms with Crippen LogP contribution in [0.1, 0.15) is 36.8 Å². The topological polar surface area (TPSA) is 92.5 Å². The summed E-state index contributed by atoms with van der Waals surface area (Å²) in [5.74, 6) is 1.49. The second kappa shape index (κ2) is 11.5. The second-order valence-electron chi connectivity index (χ2n) is 7.11. The summed E-state index contributed by atoms with van der Waals surface area (Å²) >= 11 is 6.29. The summed E-state index contributed by atoms with van der Waals surface area (Å²) in [4.78, 5) is 4.48. The van der Waals surface area contributed by atoms with Gasteiger partial charge < -0.3 is 9.67 Å². The number of H-pyrrole nitrogens is 1. The summed E-state index contributed by atoms with van der Waals surface area (Å²) in [6, 6.07) is 16.3. The van der Waals surface area contributed by atoms with Crippen LogP contribution >= 0.6 is 11.6 Å². The van der Waals surface area contributed by atoms with E-state index in [9.17, 15) is 5.11 Å². The van der Waals surface area contributed by atoms with E-state index in [1.165, 1.54) is 0 Å². The average molecular weight is 463 g/mol. The van der Waals surface area contributed by atoms with Crippen molar-refractivity contribution >= 4 is 63.0 Å². The number of tetrazole rings is 1. The number of hydrogen-bond donors (Lipinski definition) is 2. The Hall–Kier alpha value is -1.39. The van der Waals surface area contributed by atoms with Gasteiger partial charge in [-0.05, 0) is 39.6 Å². The molecule has 0 saturated heterocycles. The van der Waals surface area contributed by atoms with Crippen LogP contribution in [0.25, 0.3) is 22.5 Å². The summed E-state index contributed by atoms with van der Waals surface area (Å²) in [7, 11) is 0. The Morgan fingerprint density at radius 3 is 2.58 bits per heavy atom. The first kappa shape index (κ1) is 24.3. The molecule has 156 valence electrons. The van der Waals surface area contributed by atoms with E-state index in [-0.39, 0.29) is 58.0 Å². The molecular weight excluding hydrogens is 439 g/mol. The molecule has 0 radical (unpaired) electrons. The van der Waals surface area contributed by atoms with Crippen LogP contribution in [0.3, 0.4) is 0 Å². The molecule has 2 aromatic heterocycles. The zero-order valence-electron chi connectivity index (χ0n) is 16.7. The number of hydrogen-bond acceptors (Lipinski definition) is 5. The zero-order chi connectivity index (χ0) is 20.9. The van der Waals surface area contributed by atoms with Gasteiger partial charge in [0.05, 0.1) is 12.3 Å². The van der Waals surface area contributed by atoms with E-state index in [2.05, 4.69) is 62.9 Å². The van der Waals surface area contributed by atoms with Crippen molar-refractivity contribution in [2.24, 2.45) is 0 Å². The van der Waals surface area contributed by atoms with Gasteiger partial charge in [0.2, 0.25) is 0 Å². The van der Waals surface area contributed by atoms with Crippen LogP contribution in [-0.4, -0.2) is 86.7 Å². The SMILES string of the molecule is CCCCc1nc(Cl)c(CO)n1Cc1ccc(-c2ccccc2)c(-c2nnn[nH]2)c1.[KH]. The number of imidazole rings is 1. The fourth-order valence-electron chi connectivity index (χ4n) is 3.58. The van der Waals surface area contributed by atoms with Crippen LogP contribution < -0.4 is 0 Å². The van der Waals surface area contributed by atoms with Crippen molar-refractivity contribution in [2.45, 2.75) is 39.3 Å². The Labute approximate surface area is 228 Å². The molecule has 9 heteroatoms. The van der Waals surface area contributed by atoms with Gasteiger partial charge in [-0.3, -0.25) is 0 Å². The molecule has 0 fully saturated rings. The third-order valence-corrected chi connectivity index (χ3v) is 5.42. The number of aromatic nitrogens is 6. The molecule has 0 aliphatic heterocycles. The van der Waals surface area contributed by atoms with Gasteiger partial charge in [-0.2, -0.15) is 0 Å². The molecule has 2 aromatic carbocycles. The number of aryl methyl sites for hydroxylation is 1.